The second-order valence-electron chi connectivity index (χ2n) is 9.59. The van der Waals surface area contributed by atoms with Gasteiger partial charge in [-0.05, 0) is 63.8 Å². The lowest BCUT2D eigenvalue weighted by molar-refractivity contribution is -0.175. The number of rotatable bonds is 12. The van der Waals surface area contributed by atoms with Gasteiger partial charge in [-0.2, -0.15) is 0 Å². The van der Waals surface area contributed by atoms with Crippen LogP contribution in [0.25, 0.3) is 0 Å². The molecule has 1 aliphatic rings. The van der Waals surface area contributed by atoms with Crippen molar-refractivity contribution in [3.05, 3.63) is 59.2 Å². The van der Waals surface area contributed by atoms with Gasteiger partial charge in [-0.3, -0.25) is 0 Å². The molecule has 1 saturated carbocycles. The number of benzene rings is 2. The van der Waals surface area contributed by atoms with Gasteiger partial charge in [0.2, 0.25) is 0 Å². The summed E-state index contributed by atoms with van der Waals surface area (Å²) in [5.74, 6) is -3.42. The molecule has 3 rings (SSSR count). The SMILES string of the molecule is CCOc1cc(OCC)cc(C(C)N(CCCc2cccc(C)c2)C(=O)NC2(C(=O)O)CC(F)(F)C2)c1. The smallest absolute Gasteiger partial charge is 0.329 e. The molecule has 1 fully saturated rings. The third kappa shape index (κ3) is 7.11. The number of aryl methyl sites for hydroxylation is 2. The van der Waals surface area contributed by atoms with Crippen LogP contribution in [0.3, 0.4) is 0 Å². The molecule has 9 heteroatoms. The van der Waals surface area contributed by atoms with E-state index in [1.54, 1.807) is 6.07 Å². The van der Waals surface area contributed by atoms with Crippen LogP contribution in [0.1, 0.15) is 62.8 Å². The van der Waals surface area contributed by atoms with Gasteiger partial charge >= 0.3 is 12.0 Å². The maximum absolute atomic E-state index is 13.7. The van der Waals surface area contributed by atoms with Gasteiger partial charge in [0.15, 0.2) is 5.54 Å². The van der Waals surface area contributed by atoms with Crippen LogP contribution < -0.4 is 14.8 Å². The highest BCUT2D eigenvalue weighted by Crippen LogP contribution is 2.46. The van der Waals surface area contributed by atoms with E-state index in [0.717, 1.165) is 16.7 Å². The number of carbonyl (C=O) groups excluding carboxylic acids is 1. The van der Waals surface area contributed by atoms with Gasteiger partial charge in [0, 0.05) is 25.5 Å². The Kier molecular flexibility index (Phi) is 8.99. The number of hydrogen-bond acceptors (Lipinski definition) is 4. The van der Waals surface area contributed by atoms with Gasteiger partial charge in [0.1, 0.15) is 11.5 Å². The summed E-state index contributed by atoms with van der Waals surface area (Å²) >= 11 is 0. The first-order chi connectivity index (χ1) is 17.5. The highest BCUT2D eigenvalue weighted by atomic mass is 19.3. The fourth-order valence-electron chi connectivity index (χ4n) is 4.71. The number of urea groups is 1. The number of nitrogens with zero attached hydrogens (tertiary/aromatic N) is 1. The van der Waals surface area contributed by atoms with Gasteiger partial charge in [-0.25, -0.2) is 18.4 Å². The first-order valence-electron chi connectivity index (χ1n) is 12.6. The molecule has 1 atom stereocenters. The highest BCUT2D eigenvalue weighted by Gasteiger charge is 2.62. The molecule has 202 valence electrons. The second-order valence-corrected chi connectivity index (χ2v) is 9.59. The van der Waals surface area contributed by atoms with Crippen molar-refractivity contribution in [2.24, 2.45) is 0 Å². The fourth-order valence-corrected chi connectivity index (χ4v) is 4.71. The minimum absolute atomic E-state index is 0.288. The summed E-state index contributed by atoms with van der Waals surface area (Å²) in [6.07, 6.45) is -0.563. The Balaban J connectivity index is 1.86. The summed E-state index contributed by atoms with van der Waals surface area (Å²) < 4.78 is 38.7. The third-order valence-corrected chi connectivity index (χ3v) is 6.56. The van der Waals surface area contributed by atoms with E-state index in [-0.39, 0.29) is 6.54 Å². The summed E-state index contributed by atoms with van der Waals surface area (Å²) in [6.45, 7) is 8.72. The van der Waals surface area contributed by atoms with E-state index in [0.29, 0.717) is 37.6 Å². The number of aliphatic carboxylic acids is 1. The number of hydrogen-bond donors (Lipinski definition) is 2. The number of carboxylic acid groups (broad SMARTS) is 1. The van der Waals surface area contributed by atoms with E-state index >= 15 is 0 Å². The van der Waals surface area contributed by atoms with Crippen molar-refractivity contribution in [2.75, 3.05) is 19.8 Å². The van der Waals surface area contributed by atoms with E-state index in [9.17, 15) is 23.5 Å². The first-order valence-corrected chi connectivity index (χ1v) is 12.6. The maximum atomic E-state index is 13.7. The molecule has 0 aliphatic heterocycles. The van der Waals surface area contributed by atoms with Gasteiger partial charge in [0.25, 0.3) is 5.92 Å². The van der Waals surface area contributed by atoms with Crippen LogP contribution in [0.4, 0.5) is 13.6 Å². The van der Waals surface area contributed by atoms with Crippen LogP contribution in [0.15, 0.2) is 42.5 Å². The Hall–Kier alpha value is -3.36. The Labute approximate surface area is 216 Å². The molecule has 2 aromatic carbocycles. The zero-order valence-electron chi connectivity index (χ0n) is 21.9. The van der Waals surface area contributed by atoms with Crippen molar-refractivity contribution in [1.29, 1.82) is 0 Å². The van der Waals surface area contributed by atoms with Crippen molar-refractivity contribution >= 4 is 12.0 Å². The largest absolute Gasteiger partial charge is 0.494 e. The standard InChI is InChI=1S/C28H36F2N2O5/c1-5-36-23-14-22(15-24(16-23)37-6-2)20(4)32(12-8-11-21-10-7-9-19(3)13-21)26(35)31-27(25(33)34)17-28(29,30)18-27/h7,9-10,13-16,20H,5-6,8,11-12,17-18H2,1-4H3,(H,31,35)(H,33,34). The number of halogens is 2. The monoisotopic (exact) mass is 518 g/mol. The van der Waals surface area contributed by atoms with E-state index in [1.807, 2.05) is 58.0 Å². The number of alkyl halides is 2. The highest BCUT2D eigenvalue weighted by molar-refractivity contribution is 5.88. The molecule has 7 nitrogen and oxygen atoms in total. The summed E-state index contributed by atoms with van der Waals surface area (Å²) in [7, 11) is 0. The predicted molar refractivity (Wildman–Crippen MR) is 136 cm³/mol. The van der Waals surface area contributed by atoms with Crippen LogP contribution in [0, 0.1) is 6.92 Å². The summed E-state index contributed by atoms with van der Waals surface area (Å²) in [6, 6.07) is 12.2. The molecular weight excluding hydrogens is 482 g/mol. The number of carbonyl (C=O) groups is 2. The molecule has 2 amide bonds. The number of ether oxygens (including phenoxy) is 2. The minimum atomic E-state index is -3.12. The molecule has 0 heterocycles. The summed E-state index contributed by atoms with van der Waals surface area (Å²) in [4.78, 5) is 26.8. The van der Waals surface area contributed by atoms with E-state index in [4.69, 9.17) is 9.47 Å². The molecule has 1 aliphatic carbocycles. The molecule has 0 bridgehead atoms. The zero-order chi connectivity index (χ0) is 27.2. The Bertz CT molecular complexity index is 1080. The molecule has 0 saturated heterocycles. The van der Waals surface area contributed by atoms with Crippen LogP contribution in [0.5, 0.6) is 11.5 Å². The normalized spacial score (nSPS) is 16.3. The lowest BCUT2D eigenvalue weighted by atomic mass is 9.73. The Morgan fingerprint density at radius 1 is 1.08 bits per heavy atom. The quantitative estimate of drug-likeness (QED) is 0.374. The van der Waals surface area contributed by atoms with Crippen molar-refractivity contribution in [2.45, 2.75) is 70.9 Å². The van der Waals surface area contributed by atoms with Gasteiger partial charge < -0.3 is 24.8 Å². The van der Waals surface area contributed by atoms with Crippen LogP contribution in [0.2, 0.25) is 0 Å². The van der Waals surface area contributed by atoms with Gasteiger partial charge in [0.05, 0.1) is 19.3 Å². The minimum Gasteiger partial charge on any atom is -0.494 e. The maximum Gasteiger partial charge on any atom is 0.329 e. The zero-order valence-corrected chi connectivity index (χ0v) is 21.9. The van der Waals surface area contributed by atoms with Crippen LogP contribution >= 0.6 is 0 Å². The molecule has 0 spiro atoms. The molecular formula is C28H36F2N2O5. The van der Waals surface area contributed by atoms with Crippen molar-refractivity contribution in [1.82, 2.24) is 10.2 Å². The third-order valence-electron chi connectivity index (χ3n) is 6.56. The summed E-state index contributed by atoms with van der Waals surface area (Å²) in [5, 5.41) is 12.1. The van der Waals surface area contributed by atoms with Crippen molar-refractivity contribution < 1.29 is 33.0 Å². The molecule has 2 N–H and O–H groups in total. The van der Waals surface area contributed by atoms with Crippen LogP contribution in [-0.4, -0.2) is 53.2 Å². The van der Waals surface area contributed by atoms with E-state index < -0.39 is 42.3 Å². The van der Waals surface area contributed by atoms with Gasteiger partial charge in [-0.1, -0.05) is 29.8 Å². The lowest BCUT2D eigenvalue weighted by Crippen LogP contribution is -2.68. The average Bonchev–Trinajstić information content (AvgIpc) is 2.80. The number of amides is 2. The summed E-state index contributed by atoms with van der Waals surface area (Å²) in [5.41, 5.74) is 0.985. The van der Waals surface area contributed by atoms with Crippen molar-refractivity contribution in [3.63, 3.8) is 0 Å². The first kappa shape index (κ1) is 28.2. The lowest BCUT2D eigenvalue weighted by Gasteiger charge is -2.45. The molecule has 1 unspecified atom stereocenters. The second kappa shape index (κ2) is 11.8. The van der Waals surface area contributed by atoms with Crippen molar-refractivity contribution in [3.8, 4) is 11.5 Å². The predicted octanol–water partition coefficient (Wildman–Crippen LogP) is 5.75. The fraction of sp³-hybridized carbons (Fsp3) is 0.500. The molecule has 37 heavy (non-hydrogen) atoms. The topological polar surface area (TPSA) is 88.1 Å². The molecule has 2 aromatic rings. The number of nitrogens with one attached hydrogen (secondary N) is 1. The number of carboxylic acids is 1. The molecule has 0 radical (unpaired) electrons. The van der Waals surface area contributed by atoms with E-state index in [2.05, 4.69) is 11.4 Å². The molecule has 0 aromatic heterocycles. The Morgan fingerprint density at radius 2 is 1.70 bits per heavy atom. The van der Waals surface area contributed by atoms with Crippen LogP contribution in [-0.2, 0) is 11.2 Å². The average molecular weight is 519 g/mol. The van der Waals surface area contributed by atoms with E-state index in [1.165, 1.54) is 4.90 Å². The Morgan fingerprint density at radius 3 is 2.22 bits per heavy atom. The van der Waals surface area contributed by atoms with Gasteiger partial charge in [-0.15, -0.1) is 0 Å².